The van der Waals surface area contributed by atoms with E-state index >= 15 is 0 Å². The van der Waals surface area contributed by atoms with Gasteiger partial charge in [0.25, 0.3) is 5.69 Å². The maximum absolute atomic E-state index is 10.6. The Labute approximate surface area is 101 Å². The number of hydrogen-bond acceptors (Lipinski definition) is 7. The smallest absolute Gasteiger partial charge is 0.269 e. The molecule has 0 radical (unpaired) electrons. The summed E-state index contributed by atoms with van der Waals surface area (Å²) in [6, 6.07) is 6.47. The van der Waals surface area contributed by atoms with Crippen LogP contribution in [0.1, 0.15) is 5.56 Å². The van der Waals surface area contributed by atoms with Gasteiger partial charge in [-0.05, 0) is 5.56 Å². The summed E-state index contributed by atoms with van der Waals surface area (Å²) in [6.07, 6.45) is 0. The molecule has 0 saturated carbocycles. The first kappa shape index (κ1) is 11.5. The molecule has 1 aliphatic rings. The van der Waals surface area contributed by atoms with E-state index in [2.05, 4.69) is 15.2 Å². The molecule has 1 aromatic carbocycles. The summed E-state index contributed by atoms with van der Waals surface area (Å²) in [6.45, 7) is 0. The summed E-state index contributed by atoms with van der Waals surface area (Å²) >= 11 is 1.41. The Morgan fingerprint density at radius 1 is 1.53 bits per heavy atom. The second-order valence-electron chi connectivity index (χ2n) is 3.27. The van der Waals surface area contributed by atoms with Crippen molar-refractivity contribution >= 4 is 23.4 Å². The second kappa shape index (κ2) is 4.91. The number of aliphatic imine (C=N–C) groups is 1. The fourth-order valence-electron chi connectivity index (χ4n) is 1.27. The van der Waals surface area contributed by atoms with Crippen LogP contribution >= 0.6 is 11.8 Å². The number of nitro groups is 1. The molecule has 1 aromatic rings. The van der Waals surface area contributed by atoms with Gasteiger partial charge in [0.2, 0.25) is 11.5 Å². The lowest BCUT2D eigenvalue weighted by molar-refractivity contribution is -0.384. The summed E-state index contributed by atoms with van der Waals surface area (Å²) < 4.78 is 0. The number of hydrogen-bond donors (Lipinski definition) is 1. The van der Waals surface area contributed by atoms with Crippen molar-refractivity contribution in [3.8, 4) is 0 Å². The molecule has 1 unspecified atom stereocenters. The summed E-state index contributed by atoms with van der Waals surface area (Å²) in [5.41, 5.74) is 5.94. The van der Waals surface area contributed by atoms with Crippen LogP contribution in [0.3, 0.4) is 0 Å². The third kappa shape index (κ3) is 3.00. The van der Waals surface area contributed by atoms with Crippen LogP contribution in [0.5, 0.6) is 0 Å². The van der Waals surface area contributed by atoms with Crippen LogP contribution < -0.4 is 5.73 Å². The van der Waals surface area contributed by atoms with E-state index in [-0.39, 0.29) is 17.1 Å². The summed E-state index contributed by atoms with van der Waals surface area (Å²) in [5, 5.41) is 18.0. The van der Waals surface area contributed by atoms with Crippen LogP contribution in [0.25, 0.3) is 0 Å². The van der Waals surface area contributed by atoms with E-state index in [1.54, 1.807) is 6.07 Å². The lowest BCUT2D eigenvalue weighted by atomic mass is 10.2. The molecule has 0 fully saturated rings. The van der Waals surface area contributed by atoms with Crippen molar-refractivity contribution in [3.05, 3.63) is 39.9 Å². The minimum atomic E-state index is -0.417. The number of benzene rings is 1. The van der Waals surface area contributed by atoms with Gasteiger partial charge in [-0.25, -0.2) is 4.99 Å². The van der Waals surface area contributed by atoms with Crippen molar-refractivity contribution in [3.63, 3.8) is 0 Å². The first-order valence-electron chi connectivity index (χ1n) is 4.74. The first-order valence-corrected chi connectivity index (χ1v) is 5.79. The van der Waals surface area contributed by atoms with E-state index in [4.69, 9.17) is 5.73 Å². The van der Waals surface area contributed by atoms with Gasteiger partial charge in [0.1, 0.15) is 0 Å². The van der Waals surface area contributed by atoms with Crippen LogP contribution in [-0.4, -0.2) is 16.4 Å². The minimum Gasteiger partial charge on any atom is -0.367 e. The van der Waals surface area contributed by atoms with Crippen LogP contribution in [0.15, 0.2) is 39.5 Å². The van der Waals surface area contributed by atoms with Crippen molar-refractivity contribution in [1.82, 2.24) is 0 Å². The van der Waals surface area contributed by atoms with E-state index in [1.807, 2.05) is 6.07 Å². The maximum Gasteiger partial charge on any atom is 0.269 e. The number of guanidine groups is 1. The van der Waals surface area contributed by atoms with Crippen LogP contribution in [0.4, 0.5) is 5.69 Å². The topological polar surface area (TPSA) is 106 Å². The number of thioether (sulfide) groups is 1. The average molecular weight is 251 g/mol. The van der Waals surface area contributed by atoms with Gasteiger partial charge in [-0.3, -0.25) is 10.1 Å². The van der Waals surface area contributed by atoms with Gasteiger partial charge in [0.15, 0.2) is 0 Å². The normalized spacial score (nSPS) is 18.1. The van der Waals surface area contributed by atoms with E-state index in [9.17, 15) is 10.1 Å². The number of azo groups is 1. The Morgan fingerprint density at radius 2 is 2.35 bits per heavy atom. The predicted octanol–water partition coefficient (Wildman–Crippen LogP) is 1.89. The number of non-ortho nitro benzene ring substituents is 1. The van der Waals surface area contributed by atoms with Gasteiger partial charge in [-0.15, -0.1) is 22.0 Å². The largest absolute Gasteiger partial charge is 0.367 e. The Hall–Kier alpha value is -1.96. The van der Waals surface area contributed by atoms with Gasteiger partial charge in [0.05, 0.1) is 4.92 Å². The maximum atomic E-state index is 10.6. The Kier molecular flexibility index (Phi) is 3.33. The van der Waals surface area contributed by atoms with E-state index in [1.165, 1.54) is 23.9 Å². The standard InChI is InChI=1S/C9H9N5O2S/c10-8-11-9(13-12-8)17-5-6-2-1-3-7(4-6)14(15)16/h1-4,9H,5H2,(H2,10,11). The zero-order valence-corrected chi connectivity index (χ0v) is 9.50. The molecule has 8 heteroatoms. The molecule has 88 valence electrons. The van der Waals surface area contributed by atoms with Crippen molar-refractivity contribution in [1.29, 1.82) is 0 Å². The SMILES string of the molecule is NC1=NC(SCc2cccc([N+](=O)[O-])c2)N=N1. The molecule has 0 saturated heterocycles. The quantitative estimate of drug-likeness (QED) is 0.651. The highest BCUT2D eigenvalue weighted by Gasteiger charge is 2.13. The molecule has 1 aliphatic heterocycles. The van der Waals surface area contributed by atoms with E-state index < -0.39 is 4.92 Å². The fourth-order valence-corrected chi connectivity index (χ4v) is 2.09. The summed E-state index contributed by atoms with van der Waals surface area (Å²) in [4.78, 5) is 14.1. The van der Waals surface area contributed by atoms with Gasteiger partial charge < -0.3 is 5.73 Å². The summed E-state index contributed by atoms with van der Waals surface area (Å²) in [7, 11) is 0. The lowest BCUT2D eigenvalue weighted by Gasteiger charge is -2.02. The van der Waals surface area contributed by atoms with Gasteiger partial charge in [-0.2, -0.15) is 0 Å². The van der Waals surface area contributed by atoms with Crippen LogP contribution in [0, 0.1) is 10.1 Å². The third-order valence-electron chi connectivity index (χ3n) is 2.02. The molecule has 1 atom stereocenters. The number of nitrogens with two attached hydrogens (primary N) is 1. The lowest BCUT2D eigenvalue weighted by Crippen LogP contribution is -2.04. The van der Waals surface area contributed by atoms with E-state index in [0.717, 1.165) is 5.56 Å². The Bertz CT molecular complexity index is 502. The first-order chi connectivity index (χ1) is 8.15. The van der Waals surface area contributed by atoms with E-state index in [0.29, 0.717) is 5.75 Å². The highest BCUT2D eigenvalue weighted by Crippen LogP contribution is 2.24. The molecule has 0 amide bonds. The molecule has 0 spiro atoms. The van der Waals surface area contributed by atoms with Crippen molar-refractivity contribution in [2.24, 2.45) is 21.0 Å². The molecule has 17 heavy (non-hydrogen) atoms. The fraction of sp³-hybridized carbons (Fsp3) is 0.222. The number of rotatable bonds is 4. The molecule has 0 aliphatic carbocycles. The molecular weight excluding hydrogens is 242 g/mol. The van der Waals surface area contributed by atoms with Gasteiger partial charge >= 0.3 is 0 Å². The zero-order valence-electron chi connectivity index (χ0n) is 8.68. The van der Waals surface area contributed by atoms with Crippen molar-refractivity contribution < 1.29 is 4.92 Å². The van der Waals surface area contributed by atoms with Crippen LogP contribution in [0.2, 0.25) is 0 Å². The summed E-state index contributed by atoms with van der Waals surface area (Å²) in [5.74, 6) is 0.740. The highest BCUT2D eigenvalue weighted by atomic mass is 32.2. The van der Waals surface area contributed by atoms with Crippen molar-refractivity contribution in [2.75, 3.05) is 0 Å². The predicted molar refractivity (Wildman–Crippen MR) is 64.7 cm³/mol. The number of nitrogens with zero attached hydrogens (tertiary/aromatic N) is 4. The van der Waals surface area contributed by atoms with Gasteiger partial charge in [0, 0.05) is 17.9 Å². The molecule has 1 heterocycles. The van der Waals surface area contributed by atoms with Crippen LogP contribution in [-0.2, 0) is 5.75 Å². The average Bonchev–Trinajstić information content (AvgIpc) is 2.73. The molecule has 2 N–H and O–H groups in total. The number of nitro benzene ring substituents is 1. The molecule has 7 nitrogen and oxygen atoms in total. The highest BCUT2D eigenvalue weighted by molar-refractivity contribution is 7.99. The van der Waals surface area contributed by atoms with Gasteiger partial charge in [-0.1, -0.05) is 12.1 Å². The Morgan fingerprint density at radius 3 is 3.00 bits per heavy atom. The monoisotopic (exact) mass is 251 g/mol. The molecule has 0 aromatic heterocycles. The minimum absolute atomic E-state index is 0.0826. The molecule has 0 bridgehead atoms. The van der Waals surface area contributed by atoms with Crippen molar-refractivity contribution in [2.45, 2.75) is 11.3 Å². The zero-order chi connectivity index (χ0) is 12.3. The third-order valence-corrected chi connectivity index (χ3v) is 3.02. The Balaban J connectivity index is 1.97. The second-order valence-corrected chi connectivity index (χ2v) is 4.31. The molecule has 2 rings (SSSR count). The molecular formula is C9H9N5O2S.